The Morgan fingerprint density at radius 3 is 2.60 bits per heavy atom. The number of aryl methyl sites for hydroxylation is 2. The molecule has 2 aromatic carbocycles. The van der Waals surface area contributed by atoms with E-state index in [1.807, 2.05) is 30.3 Å². The predicted molar refractivity (Wildman–Crippen MR) is 85.8 cm³/mol. The lowest BCUT2D eigenvalue weighted by atomic mass is 10.1. The quantitative estimate of drug-likeness (QED) is 0.728. The molecule has 0 aliphatic carbocycles. The summed E-state index contributed by atoms with van der Waals surface area (Å²) in [6, 6.07) is 18.4. The zero-order chi connectivity index (χ0) is 13.8. The van der Waals surface area contributed by atoms with Crippen LogP contribution in [0.15, 0.2) is 60.0 Å². The molecule has 0 atom stereocenters. The highest BCUT2D eigenvalue weighted by Crippen LogP contribution is 2.24. The summed E-state index contributed by atoms with van der Waals surface area (Å²) in [6.45, 7) is 0. The summed E-state index contributed by atoms with van der Waals surface area (Å²) in [6.07, 6.45) is 2.02. The van der Waals surface area contributed by atoms with Gasteiger partial charge in [0, 0.05) is 23.1 Å². The lowest BCUT2D eigenvalue weighted by molar-refractivity contribution is 0.945. The average molecular weight is 280 g/mol. The highest BCUT2D eigenvalue weighted by molar-refractivity contribution is 7.09. The van der Waals surface area contributed by atoms with Gasteiger partial charge in [-0.15, -0.1) is 11.3 Å². The van der Waals surface area contributed by atoms with Crippen LogP contribution in [-0.2, 0) is 12.8 Å². The second kappa shape index (κ2) is 5.88. The maximum absolute atomic E-state index is 5.81. The normalized spacial score (nSPS) is 10.6. The van der Waals surface area contributed by atoms with Crippen molar-refractivity contribution in [2.45, 2.75) is 12.8 Å². The molecule has 0 spiro atoms. The average Bonchev–Trinajstić information content (AvgIpc) is 2.95. The van der Waals surface area contributed by atoms with E-state index in [-0.39, 0.29) is 0 Å². The van der Waals surface area contributed by atoms with Gasteiger partial charge in [0.15, 0.2) is 0 Å². The smallest absolute Gasteiger partial charge is 0.0935 e. The monoisotopic (exact) mass is 280 g/mol. The number of anilines is 1. The van der Waals surface area contributed by atoms with Crippen LogP contribution in [0.2, 0.25) is 0 Å². The van der Waals surface area contributed by atoms with E-state index in [0.29, 0.717) is 0 Å². The number of nitrogens with zero attached hydrogens (tertiary/aromatic N) is 1. The molecular weight excluding hydrogens is 264 g/mol. The van der Waals surface area contributed by atoms with Crippen molar-refractivity contribution in [2.75, 3.05) is 5.73 Å². The van der Waals surface area contributed by atoms with Gasteiger partial charge in [-0.3, -0.25) is 0 Å². The van der Waals surface area contributed by atoms with Crippen molar-refractivity contribution in [3.63, 3.8) is 0 Å². The minimum Gasteiger partial charge on any atom is -0.399 e. The van der Waals surface area contributed by atoms with Crippen molar-refractivity contribution in [1.82, 2.24) is 4.98 Å². The zero-order valence-electron chi connectivity index (χ0n) is 11.1. The molecule has 0 saturated carbocycles. The molecule has 1 heterocycles. The predicted octanol–water partition coefficient (Wildman–Crippen LogP) is 4.18. The third-order valence-electron chi connectivity index (χ3n) is 3.20. The lowest BCUT2D eigenvalue weighted by Gasteiger charge is -1.99. The molecular formula is C17H16N2S. The second-order valence-corrected chi connectivity index (χ2v) is 5.68. The summed E-state index contributed by atoms with van der Waals surface area (Å²) in [4.78, 5) is 4.70. The van der Waals surface area contributed by atoms with E-state index >= 15 is 0 Å². The fraction of sp³-hybridized carbons (Fsp3) is 0.118. The summed E-state index contributed by atoms with van der Waals surface area (Å²) < 4.78 is 0. The molecule has 3 rings (SSSR count). The van der Waals surface area contributed by atoms with Gasteiger partial charge in [0.2, 0.25) is 0 Å². The summed E-state index contributed by atoms with van der Waals surface area (Å²) in [5, 5.41) is 3.28. The molecule has 3 heteroatoms. The Bertz CT molecular complexity index is 689. The van der Waals surface area contributed by atoms with Gasteiger partial charge in [-0.05, 0) is 24.1 Å². The Labute approximate surface area is 122 Å². The first-order valence-electron chi connectivity index (χ1n) is 6.65. The molecule has 0 bridgehead atoms. The maximum Gasteiger partial charge on any atom is 0.0935 e. The number of hydrogen-bond acceptors (Lipinski definition) is 3. The number of hydrogen-bond donors (Lipinski definition) is 1. The molecule has 3 aromatic rings. The van der Waals surface area contributed by atoms with Crippen LogP contribution in [0.3, 0.4) is 0 Å². The largest absolute Gasteiger partial charge is 0.399 e. The van der Waals surface area contributed by atoms with Gasteiger partial charge in [0.05, 0.1) is 10.7 Å². The van der Waals surface area contributed by atoms with Crippen LogP contribution in [0.1, 0.15) is 10.6 Å². The molecule has 0 fully saturated rings. The Balaban J connectivity index is 1.71. The molecule has 20 heavy (non-hydrogen) atoms. The van der Waals surface area contributed by atoms with Crippen molar-refractivity contribution in [1.29, 1.82) is 0 Å². The Morgan fingerprint density at radius 2 is 1.80 bits per heavy atom. The highest BCUT2D eigenvalue weighted by atomic mass is 32.1. The molecule has 0 aliphatic rings. The standard InChI is InChI=1S/C17H16N2S/c18-15-8-4-7-14(11-15)16-12-20-17(19-16)10-9-13-5-2-1-3-6-13/h1-8,11-12H,9-10,18H2. The van der Waals surface area contributed by atoms with Gasteiger partial charge in [-0.2, -0.15) is 0 Å². The lowest BCUT2D eigenvalue weighted by Crippen LogP contribution is -1.90. The van der Waals surface area contributed by atoms with E-state index in [1.54, 1.807) is 11.3 Å². The van der Waals surface area contributed by atoms with Gasteiger partial charge >= 0.3 is 0 Å². The van der Waals surface area contributed by atoms with E-state index in [9.17, 15) is 0 Å². The molecule has 100 valence electrons. The van der Waals surface area contributed by atoms with Crippen LogP contribution in [0.4, 0.5) is 5.69 Å². The Morgan fingerprint density at radius 1 is 0.950 bits per heavy atom. The first kappa shape index (κ1) is 12.9. The Kier molecular flexibility index (Phi) is 3.79. The van der Waals surface area contributed by atoms with Crippen molar-refractivity contribution >= 4 is 17.0 Å². The fourth-order valence-corrected chi connectivity index (χ4v) is 2.96. The number of thiazole rings is 1. The zero-order valence-corrected chi connectivity index (χ0v) is 11.9. The molecule has 2 nitrogen and oxygen atoms in total. The van der Waals surface area contributed by atoms with Crippen molar-refractivity contribution in [3.8, 4) is 11.3 Å². The number of nitrogens with two attached hydrogens (primary N) is 1. The third kappa shape index (κ3) is 3.06. The number of aromatic nitrogens is 1. The molecule has 0 radical (unpaired) electrons. The van der Waals surface area contributed by atoms with Crippen molar-refractivity contribution in [2.24, 2.45) is 0 Å². The van der Waals surface area contributed by atoms with Gasteiger partial charge in [-0.25, -0.2) is 4.98 Å². The minimum atomic E-state index is 0.779. The third-order valence-corrected chi connectivity index (χ3v) is 4.11. The van der Waals surface area contributed by atoms with Gasteiger partial charge < -0.3 is 5.73 Å². The topological polar surface area (TPSA) is 38.9 Å². The van der Waals surface area contributed by atoms with Crippen LogP contribution in [0.25, 0.3) is 11.3 Å². The first-order valence-corrected chi connectivity index (χ1v) is 7.53. The number of benzene rings is 2. The molecule has 0 saturated heterocycles. The summed E-state index contributed by atoms with van der Waals surface area (Å²) in [5.74, 6) is 0. The van der Waals surface area contributed by atoms with Crippen LogP contribution in [0, 0.1) is 0 Å². The molecule has 0 unspecified atom stereocenters. The van der Waals surface area contributed by atoms with Crippen LogP contribution < -0.4 is 5.73 Å². The number of rotatable bonds is 4. The SMILES string of the molecule is Nc1cccc(-c2csc(CCc3ccccc3)n2)c1. The molecule has 0 aliphatic heterocycles. The van der Waals surface area contributed by atoms with Gasteiger partial charge in [0.1, 0.15) is 0 Å². The van der Waals surface area contributed by atoms with Crippen LogP contribution in [0.5, 0.6) is 0 Å². The second-order valence-electron chi connectivity index (χ2n) is 4.74. The van der Waals surface area contributed by atoms with Crippen molar-refractivity contribution < 1.29 is 0 Å². The highest BCUT2D eigenvalue weighted by Gasteiger charge is 2.05. The van der Waals surface area contributed by atoms with Crippen LogP contribution in [-0.4, -0.2) is 4.98 Å². The van der Waals surface area contributed by atoms with E-state index in [2.05, 4.69) is 29.6 Å². The molecule has 2 N–H and O–H groups in total. The van der Waals surface area contributed by atoms with E-state index in [0.717, 1.165) is 29.8 Å². The first-order chi connectivity index (χ1) is 9.81. The summed E-state index contributed by atoms with van der Waals surface area (Å²) in [5.41, 5.74) is 10.1. The summed E-state index contributed by atoms with van der Waals surface area (Å²) in [7, 11) is 0. The molecule has 0 amide bonds. The number of nitrogen functional groups attached to an aromatic ring is 1. The maximum atomic E-state index is 5.81. The van der Waals surface area contributed by atoms with E-state index in [4.69, 9.17) is 10.7 Å². The van der Waals surface area contributed by atoms with E-state index in [1.165, 1.54) is 10.6 Å². The summed E-state index contributed by atoms with van der Waals surface area (Å²) >= 11 is 1.72. The van der Waals surface area contributed by atoms with Gasteiger partial charge in [-0.1, -0.05) is 42.5 Å². The fourth-order valence-electron chi connectivity index (χ4n) is 2.15. The Hall–Kier alpha value is -2.13. The minimum absolute atomic E-state index is 0.779. The van der Waals surface area contributed by atoms with Crippen LogP contribution >= 0.6 is 11.3 Å². The van der Waals surface area contributed by atoms with Gasteiger partial charge in [0.25, 0.3) is 0 Å². The molecule has 1 aromatic heterocycles. The van der Waals surface area contributed by atoms with E-state index < -0.39 is 0 Å². The van der Waals surface area contributed by atoms with Crippen molar-refractivity contribution in [3.05, 3.63) is 70.5 Å².